The molecule has 12 heteroatoms. The average Bonchev–Trinajstić information content (AvgIpc) is 3.52. The molecule has 38 heavy (non-hydrogen) atoms. The Morgan fingerprint density at radius 3 is 2.82 bits per heavy atom. The number of carbonyl (C=O) groups is 2. The number of amidine groups is 1. The predicted molar refractivity (Wildman–Crippen MR) is 146 cm³/mol. The van der Waals surface area contributed by atoms with E-state index in [-0.39, 0.29) is 41.8 Å². The summed E-state index contributed by atoms with van der Waals surface area (Å²) in [5, 5.41) is 9.10. The summed E-state index contributed by atoms with van der Waals surface area (Å²) in [6.45, 7) is 1.10. The number of carbonyl (C=O) groups excluding carboxylic acids is 2. The Balaban J connectivity index is 1.05. The third kappa shape index (κ3) is 4.84. The molecule has 198 valence electrons. The van der Waals surface area contributed by atoms with Crippen LogP contribution in [0, 0.1) is 5.92 Å². The highest BCUT2D eigenvalue weighted by molar-refractivity contribution is 8.14. The fourth-order valence-electron chi connectivity index (χ4n) is 5.52. The van der Waals surface area contributed by atoms with Gasteiger partial charge in [-0.05, 0) is 30.5 Å². The summed E-state index contributed by atoms with van der Waals surface area (Å²) in [5.74, 6) is 0.671. The number of hydrogen-bond donors (Lipinski definition) is 1. The van der Waals surface area contributed by atoms with Gasteiger partial charge in [0.05, 0.1) is 37.3 Å². The second kappa shape index (κ2) is 10.5. The summed E-state index contributed by atoms with van der Waals surface area (Å²) >= 11 is 7.52. The smallest absolute Gasteiger partial charge is 0.264 e. The highest BCUT2D eigenvalue weighted by Crippen LogP contribution is 2.38. The first kappa shape index (κ1) is 25.1. The number of aromatic nitrogens is 4. The molecule has 0 bridgehead atoms. The standard InChI is InChI=1S/C26H28ClN7O3S/c27-17-7-5-16(6-8-17)13-32-15-29-23-20(24(32)36)12-30-33(23)10-9-28-22(35)11-18-14-38-26-31-21-4-2-1-3-19(21)25(37)34(18)26/h5-8,12,15,18-19,21H,1-4,9-11,13-14H2,(H,28,35). The summed E-state index contributed by atoms with van der Waals surface area (Å²) in [5.41, 5.74) is 1.24. The lowest BCUT2D eigenvalue weighted by Gasteiger charge is -2.37. The Morgan fingerprint density at radius 1 is 1.16 bits per heavy atom. The molecule has 3 atom stereocenters. The molecular weight excluding hydrogens is 526 g/mol. The number of aliphatic imine (C=N–C) groups is 1. The van der Waals surface area contributed by atoms with Crippen molar-refractivity contribution >= 4 is 51.4 Å². The SMILES string of the molecule is O=C(CC1CSC2=NC3CCCCC3C(=O)N21)NCCn1ncc2c(=O)n(Cc3ccc(Cl)cc3)cnc21. The molecular formula is C26H28ClN7O3S. The molecule has 2 aromatic heterocycles. The van der Waals surface area contributed by atoms with Crippen LogP contribution in [0.1, 0.15) is 37.7 Å². The van der Waals surface area contributed by atoms with Crippen LogP contribution in [0.5, 0.6) is 0 Å². The van der Waals surface area contributed by atoms with Crippen LogP contribution < -0.4 is 10.9 Å². The van der Waals surface area contributed by atoms with E-state index in [0.717, 1.165) is 36.4 Å². The summed E-state index contributed by atoms with van der Waals surface area (Å²) in [6.07, 6.45) is 7.33. The molecule has 4 heterocycles. The van der Waals surface area contributed by atoms with E-state index >= 15 is 0 Å². The van der Waals surface area contributed by atoms with Crippen LogP contribution in [0.4, 0.5) is 0 Å². The molecule has 1 aliphatic carbocycles. The second-order valence-corrected chi connectivity index (χ2v) is 11.4. The molecule has 1 saturated carbocycles. The topological polar surface area (TPSA) is 114 Å². The van der Waals surface area contributed by atoms with Crippen molar-refractivity contribution in [2.45, 2.75) is 57.3 Å². The van der Waals surface area contributed by atoms with Gasteiger partial charge in [-0.15, -0.1) is 0 Å². The fourth-order valence-corrected chi connectivity index (χ4v) is 6.84. The Bertz CT molecular complexity index is 1470. The van der Waals surface area contributed by atoms with Gasteiger partial charge in [0.15, 0.2) is 10.8 Å². The Kier molecular flexibility index (Phi) is 6.96. The van der Waals surface area contributed by atoms with Crippen molar-refractivity contribution in [2.75, 3.05) is 12.3 Å². The van der Waals surface area contributed by atoms with E-state index in [1.54, 1.807) is 33.5 Å². The maximum atomic E-state index is 13.1. The molecule has 1 aromatic carbocycles. The van der Waals surface area contributed by atoms with E-state index in [0.29, 0.717) is 41.4 Å². The van der Waals surface area contributed by atoms with E-state index in [1.807, 2.05) is 12.1 Å². The van der Waals surface area contributed by atoms with E-state index in [2.05, 4.69) is 15.4 Å². The number of halogens is 1. The number of hydrogen-bond acceptors (Lipinski definition) is 7. The van der Waals surface area contributed by atoms with Crippen LogP contribution in [0.3, 0.4) is 0 Å². The van der Waals surface area contributed by atoms with Crippen molar-refractivity contribution in [1.29, 1.82) is 0 Å². The summed E-state index contributed by atoms with van der Waals surface area (Å²) < 4.78 is 3.16. The number of thioether (sulfide) groups is 1. The third-order valence-corrected chi connectivity index (χ3v) is 8.86. The zero-order valence-corrected chi connectivity index (χ0v) is 22.3. The quantitative estimate of drug-likeness (QED) is 0.481. The molecule has 1 saturated heterocycles. The average molecular weight is 554 g/mol. The molecule has 6 rings (SSSR count). The van der Waals surface area contributed by atoms with Crippen molar-refractivity contribution in [3.8, 4) is 0 Å². The number of fused-ring (bicyclic) bond motifs is 3. The van der Waals surface area contributed by atoms with Crippen molar-refractivity contribution in [3.05, 3.63) is 57.7 Å². The van der Waals surface area contributed by atoms with Crippen molar-refractivity contribution in [3.63, 3.8) is 0 Å². The van der Waals surface area contributed by atoms with Crippen molar-refractivity contribution in [2.24, 2.45) is 10.9 Å². The van der Waals surface area contributed by atoms with Gasteiger partial charge in [0.2, 0.25) is 11.8 Å². The molecule has 2 fully saturated rings. The zero-order chi connectivity index (χ0) is 26.2. The maximum absolute atomic E-state index is 13.1. The van der Waals surface area contributed by atoms with Crippen molar-refractivity contribution < 1.29 is 9.59 Å². The van der Waals surface area contributed by atoms with Crippen LogP contribution in [-0.4, -0.2) is 65.6 Å². The number of amides is 2. The number of rotatable bonds is 7. The van der Waals surface area contributed by atoms with Gasteiger partial charge >= 0.3 is 0 Å². The van der Waals surface area contributed by atoms with Gasteiger partial charge in [-0.1, -0.05) is 48.3 Å². The molecule has 2 amide bonds. The number of benzene rings is 1. The summed E-state index contributed by atoms with van der Waals surface area (Å²) in [7, 11) is 0. The maximum Gasteiger partial charge on any atom is 0.264 e. The van der Waals surface area contributed by atoms with E-state index in [9.17, 15) is 14.4 Å². The summed E-state index contributed by atoms with van der Waals surface area (Å²) in [6, 6.07) is 7.26. The molecule has 1 N–H and O–H groups in total. The van der Waals surface area contributed by atoms with Crippen LogP contribution in [0.15, 0.2) is 46.6 Å². The Morgan fingerprint density at radius 2 is 1.97 bits per heavy atom. The predicted octanol–water partition coefficient (Wildman–Crippen LogP) is 2.67. The molecule has 0 spiro atoms. The summed E-state index contributed by atoms with van der Waals surface area (Å²) in [4.78, 5) is 49.9. The number of nitrogens with zero attached hydrogens (tertiary/aromatic N) is 6. The van der Waals surface area contributed by atoms with Gasteiger partial charge in [-0.25, -0.2) is 9.67 Å². The van der Waals surface area contributed by atoms with E-state index in [1.165, 1.54) is 17.1 Å². The first-order valence-corrected chi connectivity index (χ1v) is 14.3. The lowest BCUT2D eigenvalue weighted by atomic mass is 9.83. The van der Waals surface area contributed by atoms with Crippen LogP contribution in [0.25, 0.3) is 11.0 Å². The minimum Gasteiger partial charge on any atom is -0.354 e. The van der Waals surface area contributed by atoms with E-state index in [4.69, 9.17) is 16.6 Å². The highest BCUT2D eigenvalue weighted by atomic mass is 35.5. The van der Waals surface area contributed by atoms with Gasteiger partial charge in [-0.2, -0.15) is 5.10 Å². The van der Waals surface area contributed by atoms with Crippen LogP contribution in [0.2, 0.25) is 5.02 Å². The normalized spacial score (nSPS) is 22.8. The fraction of sp³-hybridized carbons (Fsp3) is 0.462. The molecule has 10 nitrogen and oxygen atoms in total. The molecule has 3 aliphatic rings. The minimum atomic E-state index is -0.178. The first-order valence-electron chi connectivity index (χ1n) is 12.9. The van der Waals surface area contributed by atoms with Gasteiger partial charge in [0.1, 0.15) is 11.7 Å². The molecule has 0 radical (unpaired) electrons. The molecule has 3 aromatic rings. The van der Waals surface area contributed by atoms with Crippen LogP contribution >= 0.6 is 23.4 Å². The van der Waals surface area contributed by atoms with Gasteiger partial charge in [-0.3, -0.25) is 28.8 Å². The van der Waals surface area contributed by atoms with Gasteiger partial charge in [0, 0.05) is 23.7 Å². The van der Waals surface area contributed by atoms with Gasteiger partial charge < -0.3 is 5.32 Å². The molecule has 3 unspecified atom stereocenters. The van der Waals surface area contributed by atoms with Crippen molar-refractivity contribution in [1.82, 2.24) is 29.5 Å². The Hall–Kier alpha value is -3.18. The monoisotopic (exact) mass is 553 g/mol. The van der Waals surface area contributed by atoms with E-state index < -0.39 is 0 Å². The highest BCUT2D eigenvalue weighted by Gasteiger charge is 2.45. The lowest BCUT2D eigenvalue weighted by Crippen LogP contribution is -2.51. The molecule has 2 aliphatic heterocycles. The van der Waals surface area contributed by atoms with Gasteiger partial charge in [0.25, 0.3) is 5.56 Å². The third-order valence-electron chi connectivity index (χ3n) is 7.49. The first-order chi connectivity index (χ1) is 18.5. The largest absolute Gasteiger partial charge is 0.354 e. The van der Waals surface area contributed by atoms with Crippen LogP contribution in [-0.2, 0) is 22.7 Å². The minimum absolute atomic E-state index is 0.0341. The zero-order valence-electron chi connectivity index (χ0n) is 20.8. The lowest BCUT2D eigenvalue weighted by molar-refractivity contribution is -0.135. The number of nitrogens with one attached hydrogen (secondary N) is 1. The Labute approximate surface area is 228 Å². The second-order valence-electron chi connectivity index (χ2n) is 10.0.